The quantitative estimate of drug-likeness (QED) is 0.868. The number of piperidine rings is 1. The number of aliphatic carboxylic acids is 1. The zero-order valence-corrected chi connectivity index (χ0v) is 12.6. The molecule has 0 bridgehead atoms. The summed E-state index contributed by atoms with van der Waals surface area (Å²) in [6.07, 6.45) is 5.07. The fourth-order valence-corrected chi connectivity index (χ4v) is 3.28. The Morgan fingerprint density at radius 3 is 2.86 bits per heavy atom. The lowest BCUT2D eigenvalue weighted by Gasteiger charge is -2.40. The topological polar surface area (TPSA) is 62.5 Å². The van der Waals surface area contributed by atoms with Crippen LogP contribution >= 0.6 is 0 Å². The number of carboxylic acid groups (broad SMARTS) is 1. The molecule has 1 aliphatic heterocycles. The van der Waals surface area contributed by atoms with E-state index in [2.05, 4.69) is 4.90 Å². The van der Waals surface area contributed by atoms with Gasteiger partial charge in [-0.25, -0.2) is 0 Å². The second-order valence-electron chi connectivity index (χ2n) is 5.95. The first-order chi connectivity index (χ1) is 10.1. The fourth-order valence-electron chi connectivity index (χ4n) is 3.28. The lowest BCUT2D eigenvalue weighted by molar-refractivity contribution is -0.153. The Hall–Kier alpha value is -1.62. The first-order valence-electron chi connectivity index (χ1n) is 7.69. The van der Waals surface area contributed by atoms with Crippen molar-refractivity contribution in [3.63, 3.8) is 0 Å². The van der Waals surface area contributed by atoms with Crippen LogP contribution in [-0.2, 0) is 11.3 Å². The van der Waals surface area contributed by atoms with Gasteiger partial charge in [-0.2, -0.15) is 0 Å². The van der Waals surface area contributed by atoms with Crippen LogP contribution in [0.4, 0.5) is 0 Å². The molecular weight excluding hydrogens is 268 g/mol. The van der Waals surface area contributed by atoms with Gasteiger partial charge in [-0.05, 0) is 31.9 Å². The molecule has 1 N–H and O–H groups in total. The molecule has 1 atom stereocenters. The minimum Gasteiger partial charge on any atom is -0.481 e. The summed E-state index contributed by atoms with van der Waals surface area (Å²) in [5.74, 6) is -0.675. The molecule has 0 aromatic carbocycles. The summed E-state index contributed by atoms with van der Waals surface area (Å²) in [7, 11) is 0. The largest absolute Gasteiger partial charge is 0.481 e. The maximum atomic E-state index is 11.7. The SMILES string of the molecule is CCCC1(C(=O)O)CCCN(CCn2ccccc2=O)C1. The molecular formula is C16H24N2O3. The van der Waals surface area contributed by atoms with E-state index < -0.39 is 11.4 Å². The molecule has 1 aromatic heterocycles. The number of aromatic nitrogens is 1. The summed E-state index contributed by atoms with van der Waals surface area (Å²) in [6.45, 7) is 4.88. The van der Waals surface area contributed by atoms with Crippen molar-refractivity contribution in [1.29, 1.82) is 0 Å². The van der Waals surface area contributed by atoms with E-state index in [1.807, 2.05) is 13.0 Å². The molecule has 116 valence electrons. The van der Waals surface area contributed by atoms with Crippen molar-refractivity contribution < 1.29 is 9.90 Å². The standard InChI is InChI=1S/C16H24N2O3/c1-2-7-16(15(20)21)8-5-9-17(13-16)11-12-18-10-4-3-6-14(18)19/h3-4,6,10H,2,5,7-9,11-13H2,1H3,(H,20,21). The molecule has 0 spiro atoms. The highest BCUT2D eigenvalue weighted by molar-refractivity contribution is 5.75. The third-order valence-corrected chi connectivity index (χ3v) is 4.39. The molecule has 2 heterocycles. The summed E-state index contributed by atoms with van der Waals surface area (Å²) < 4.78 is 1.68. The summed E-state index contributed by atoms with van der Waals surface area (Å²) in [4.78, 5) is 25.5. The Morgan fingerprint density at radius 1 is 1.38 bits per heavy atom. The third-order valence-electron chi connectivity index (χ3n) is 4.39. The second-order valence-corrected chi connectivity index (χ2v) is 5.95. The highest BCUT2D eigenvalue weighted by Crippen LogP contribution is 2.34. The van der Waals surface area contributed by atoms with E-state index in [0.717, 1.165) is 38.8 Å². The molecule has 0 radical (unpaired) electrons. The molecule has 5 nitrogen and oxygen atoms in total. The number of rotatable bonds is 6. The van der Waals surface area contributed by atoms with Crippen LogP contribution in [-0.4, -0.2) is 40.2 Å². The van der Waals surface area contributed by atoms with Crippen molar-refractivity contribution in [3.8, 4) is 0 Å². The Morgan fingerprint density at radius 2 is 2.19 bits per heavy atom. The molecule has 0 saturated carbocycles. The Labute approximate surface area is 125 Å². The summed E-state index contributed by atoms with van der Waals surface area (Å²) in [5, 5.41) is 9.59. The van der Waals surface area contributed by atoms with E-state index >= 15 is 0 Å². The Balaban J connectivity index is 1.99. The molecule has 1 aromatic rings. The minimum atomic E-state index is -0.675. The monoisotopic (exact) mass is 292 g/mol. The van der Waals surface area contributed by atoms with Crippen molar-refractivity contribution in [2.45, 2.75) is 39.2 Å². The molecule has 2 rings (SSSR count). The van der Waals surface area contributed by atoms with Gasteiger partial charge in [-0.1, -0.05) is 19.4 Å². The molecule has 0 amide bonds. The molecule has 1 unspecified atom stereocenters. The van der Waals surface area contributed by atoms with Crippen molar-refractivity contribution in [2.24, 2.45) is 5.41 Å². The molecule has 1 fully saturated rings. The number of hydrogen-bond acceptors (Lipinski definition) is 3. The zero-order valence-electron chi connectivity index (χ0n) is 12.6. The predicted octanol–water partition coefficient (Wildman–Crippen LogP) is 1.82. The smallest absolute Gasteiger partial charge is 0.310 e. The molecule has 21 heavy (non-hydrogen) atoms. The number of nitrogens with zero attached hydrogens (tertiary/aromatic N) is 2. The van der Waals surface area contributed by atoms with Gasteiger partial charge < -0.3 is 14.6 Å². The van der Waals surface area contributed by atoms with Crippen LogP contribution in [0.15, 0.2) is 29.2 Å². The van der Waals surface area contributed by atoms with E-state index in [-0.39, 0.29) is 5.56 Å². The van der Waals surface area contributed by atoms with Crippen molar-refractivity contribution >= 4 is 5.97 Å². The number of hydrogen-bond donors (Lipinski definition) is 1. The average molecular weight is 292 g/mol. The molecule has 1 aliphatic rings. The molecule has 0 aliphatic carbocycles. The number of likely N-dealkylation sites (tertiary alicyclic amines) is 1. The summed E-state index contributed by atoms with van der Waals surface area (Å²) >= 11 is 0. The van der Waals surface area contributed by atoms with Crippen LogP contribution in [0.2, 0.25) is 0 Å². The molecule has 1 saturated heterocycles. The van der Waals surface area contributed by atoms with Gasteiger partial charge in [-0.3, -0.25) is 9.59 Å². The van der Waals surface area contributed by atoms with E-state index in [9.17, 15) is 14.7 Å². The summed E-state index contributed by atoms with van der Waals surface area (Å²) in [5.41, 5.74) is -0.609. The number of pyridine rings is 1. The lowest BCUT2D eigenvalue weighted by atomic mass is 9.76. The van der Waals surface area contributed by atoms with E-state index in [4.69, 9.17) is 0 Å². The van der Waals surface area contributed by atoms with Gasteiger partial charge >= 0.3 is 5.97 Å². The second kappa shape index (κ2) is 6.89. The average Bonchev–Trinajstić information content (AvgIpc) is 2.47. The third kappa shape index (κ3) is 3.73. The lowest BCUT2D eigenvalue weighted by Crippen LogP contribution is -2.48. The van der Waals surface area contributed by atoms with Crippen LogP contribution in [0.3, 0.4) is 0 Å². The van der Waals surface area contributed by atoms with Crippen LogP contribution in [0.1, 0.15) is 32.6 Å². The van der Waals surface area contributed by atoms with Crippen LogP contribution < -0.4 is 5.56 Å². The number of carbonyl (C=O) groups is 1. The van der Waals surface area contributed by atoms with Gasteiger partial charge in [0, 0.05) is 31.9 Å². The Bertz CT molecular complexity index is 536. The van der Waals surface area contributed by atoms with Crippen molar-refractivity contribution in [2.75, 3.05) is 19.6 Å². The van der Waals surface area contributed by atoms with Crippen LogP contribution in [0, 0.1) is 5.41 Å². The van der Waals surface area contributed by atoms with Gasteiger partial charge in [0.25, 0.3) is 5.56 Å². The summed E-state index contributed by atoms with van der Waals surface area (Å²) in [6, 6.07) is 5.13. The van der Waals surface area contributed by atoms with Gasteiger partial charge in [0.15, 0.2) is 0 Å². The van der Waals surface area contributed by atoms with Crippen LogP contribution in [0.25, 0.3) is 0 Å². The highest BCUT2D eigenvalue weighted by atomic mass is 16.4. The normalized spacial score (nSPS) is 23.1. The van der Waals surface area contributed by atoms with Gasteiger partial charge in [0.1, 0.15) is 0 Å². The first kappa shape index (κ1) is 15.8. The Kier molecular flexibility index (Phi) is 5.17. The van der Waals surface area contributed by atoms with E-state index in [0.29, 0.717) is 13.1 Å². The van der Waals surface area contributed by atoms with Gasteiger partial charge in [0.2, 0.25) is 0 Å². The maximum Gasteiger partial charge on any atom is 0.310 e. The van der Waals surface area contributed by atoms with Crippen molar-refractivity contribution in [3.05, 3.63) is 34.7 Å². The van der Waals surface area contributed by atoms with Gasteiger partial charge in [-0.15, -0.1) is 0 Å². The highest BCUT2D eigenvalue weighted by Gasteiger charge is 2.41. The zero-order chi connectivity index (χ0) is 15.3. The maximum absolute atomic E-state index is 11.7. The van der Waals surface area contributed by atoms with E-state index in [1.54, 1.807) is 22.9 Å². The number of carboxylic acids is 1. The molecule has 5 heteroatoms. The van der Waals surface area contributed by atoms with Crippen molar-refractivity contribution in [1.82, 2.24) is 9.47 Å². The first-order valence-corrected chi connectivity index (χ1v) is 7.69. The fraction of sp³-hybridized carbons (Fsp3) is 0.625. The predicted molar refractivity (Wildman–Crippen MR) is 81.4 cm³/mol. The van der Waals surface area contributed by atoms with Gasteiger partial charge in [0.05, 0.1) is 5.41 Å². The minimum absolute atomic E-state index is 0.00688. The van der Waals surface area contributed by atoms with E-state index in [1.165, 1.54) is 0 Å². The van der Waals surface area contributed by atoms with Crippen LogP contribution in [0.5, 0.6) is 0 Å².